The Hall–Kier alpha value is -0.800. The molecule has 1 fully saturated rings. The third kappa shape index (κ3) is 3.09. The van der Waals surface area contributed by atoms with Crippen molar-refractivity contribution < 1.29 is 4.42 Å². The fourth-order valence-corrected chi connectivity index (χ4v) is 2.21. The van der Waals surface area contributed by atoms with E-state index in [0.29, 0.717) is 6.04 Å². The van der Waals surface area contributed by atoms with Crippen molar-refractivity contribution in [3.63, 3.8) is 0 Å². The summed E-state index contributed by atoms with van der Waals surface area (Å²) in [6.45, 7) is 4.05. The van der Waals surface area contributed by atoms with E-state index in [4.69, 9.17) is 10.2 Å². The van der Waals surface area contributed by atoms with Gasteiger partial charge in [0.25, 0.3) is 0 Å². The summed E-state index contributed by atoms with van der Waals surface area (Å²) in [7, 11) is 0. The minimum absolute atomic E-state index is 0.612. The highest BCUT2D eigenvalue weighted by Gasteiger charge is 2.32. The molecule has 0 radical (unpaired) electrons. The third-order valence-electron chi connectivity index (χ3n) is 3.33. The highest BCUT2D eigenvalue weighted by molar-refractivity contribution is 5.00. The van der Waals surface area contributed by atoms with Crippen LogP contribution in [0.4, 0.5) is 0 Å². The smallest absolute Gasteiger partial charge is 0.117 e. The normalized spacial score (nSPS) is 17.9. The van der Waals surface area contributed by atoms with Crippen LogP contribution in [0.5, 0.6) is 0 Å². The Labute approximate surface area is 97.6 Å². The zero-order chi connectivity index (χ0) is 11.4. The summed E-state index contributed by atoms with van der Waals surface area (Å²) in [4.78, 5) is 2.56. The molecule has 1 aliphatic carbocycles. The Bertz CT molecular complexity index is 293. The molecule has 1 atom stereocenters. The van der Waals surface area contributed by atoms with Crippen LogP contribution in [0.3, 0.4) is 0 Å². The van der Waals surface area contributed by atoms with Crippen molar-refractivity contribution in [3.8, 4) is 0 Å². The average molecular weight is 222 g/mol. The van der Waals surface area contributed by atoms with Crippen molar-refractivity contribution in [3.05, 3.63) is 24.2 Å². The number of hydrogen-bond donors (Lipinski definition) is 1. The van der Waals surface area contributed by atoms with Crippen molar-refractivity contribution in [1.29, 1.82) is 0 Å². The zero-order valence-electron chi connectivity index (χ0n) is 10.1. The molecule has 0 bridgehead atoms. The van der Waals surface area contributed by atoms with Crippen molar-refractivity contribution in [2.75, 3.05) is 6.54 Å². The van der Waals surface area contributed by atoms with Gasteiger partial charge in [-0.05, 0) is 51.3 Å². The van der Waals surface area contributed by atoms with Gasteiger partial charge in [-0.15, -0.1) is 0 Å². The van der Waals surface area contributed by atoms with E-state index < -0.39 is 0 Å². The molecule has 1 unspecified atom stereocenters. The van der Waals surface area contributed by atoms with Gasteiger partial charge < -0.3 is 10.2 Å². The van der Waals surface area contributed by atoms with E-state index in [2.05, 4.69) is 17.9 Å². The highest BCUT2D eigenvalue weighted by atomic mass is 16.3. The van der Waals surface area contributed by atoms with Gasteiger partial charge in [-0.2, -0.15) is 0 Å². The summed E-state index contributed by atoms with van der Waals surface area (Å²) < 4.78 is 5.43. The molecule has 0 saturated heterocycles. The molecule has 16 heavy (non-hydrogen) atoms. The summed E-state index contributed by atoms with van der Waals surface area (Å²) in [5.41, 5.74) is 5.57. The Morgan fingerprint density at radius 1 is 1.56 bits per heavy atom. The lowest BCUT2D eigenvalue weighted by Crippen LogP contribution is -2.34. The second-order valence-electron chi connectivity index (χ2n) is 4.76. The van der Waals surface area contributed by atoms with Crippen LogP contribution in [0, 0.1) is 0 Å². The van der Waals surface area contributed by atoms with E-state index >= 15 is 0 Å². The van der Waals surface area contributed by atoms with Crippen LogP contribution in [0.2, 0.25) is 0 Å². The van der Waals surface area contributed by atoms with Crippen molar-refractivity contribution in [2.24, 2.45) is 5.73 Å². The molecule has 3 heteroatoms. The maximum Gasteiger partial charge on any atom is 0.117 e. The summed E-state index contributed by atoms with van der Waals surface area (Å²) in [5.74, 6) is 1.08. The number of furan rings is 1. The van der Waals surface area contributed by atoms with Gasteiger partial charge in [0.05, 0.1) is 12.8 Å². The lowest BCUT2D eigenvalue weighted by molar-refractivity contribution is 0.165. The summed E-state index contributed by atoms with van der Waals surface area (Å²) in [5, 5.41) is 0. The predicted molar refractivity (Wildman–Crippen MR) is 65.0 cm³/mol. The summed E-state index contributed by atoms with van der Waals surface area (Å²) in [6, 6.07) is 5.41. The van der Waals surface area contributed by atoms with E-state index in [1.165, 1.54) is 19.3 Å². The summed E-state index contributed by atoms with van der Waals surface area (Å²) in [6.07, 6.45) is 6.74. The van der Waals surface area contributed by atoms with E-state index in [9.17, 15) is 0 Å². The second kappa shape index (κ2) is 5.51. The first-order chi connectivity index (χ1) is 7.81. The molecule has 1 aromatic rings. The predicted octanol–water partition coefficient (Wildman–Crippen LogP) is 2.37. The van der Waals surface area contributed by atoms with E-state index in [1.54, 1.807) is 6.26 Å². The zero-order valence-corrected chi connectivity index (χ0v) is 10.1. The Morgan fingerprint density at radius 2 is 2.38 bits per heavy atom. The van der Waals surface area contributed by atoms with E-state index in [-0.39, 0.29) is 0 Å². The van der Waals surface area contributed by atoms with Gasteiger partial charge >= 0.3 is 0 Å². The van der Waals surface area contributed by atoms with Gasteiger partial charge in [0.2, 0.25) is 0 Å². The molecule has 1 aromatic heterocycles. The van der Waals surface area contributed by atoms with Crippen LogP contribution in [-0.4, -0.2) is 23.5 Å². The maximum absolute atomic E-state index is 5.57. The van der Waals surface area contributed by atoms with Crippen LogP contribution in [0.1, 0.15) is 38.4 Å². The van der Waals surface area contributed by atoms with Crippen molar-refractivity contribution in [1.82, 2.24) is 4.90 Å². The number of rotatable bonds is 7. The van der Waals surface area contributed by atoms with Gasteiger partial charge in [0.15, 0.2) is 0 Å². The lowest BCUT2D eigenvalue weighted by atomic mass is 10.1. The largest absolute Gasteiger partial charge is 0.468 e. The Kier molecular flexibility index (Phi) is 4.02. The molecule has 0 spiro atoms. The number of hydrogen-bond acceptors (Lipinski definition) is 3. The van der Waals surface area contributed by atoms with Crippen molar-refractivity contribution >= 4 is 0 Å². The standard InChI is InChI=1S/C13H22N2O/c1-11(4-2-8-14)15(12-6-7-12)10-13-5-3-9-16-13/h3,5,9,11-12H,2,4,6-8,10,14H2,1H3. The van der Waals surface area contributed by atoms with Crippen LogP contribution < -0.4 is 5.73 Å². The topological polar surface area (TPSA) is 42.4 Å². The van der Waals surface area contributed by atoms with Crippen LogP contribution in [0.15, 0.2) is 22.8 Å². The molecule has 90 valence electrons. The molecule has 1 aliphatic rings. The molecular weight excluding hydrogens is 200 g/mol. The molecule has 1 saturated carbocycles. The molecule has 3 nitrogen and oxygen atoms in total. The first-order valence-corrected chi connectivity index (χ1v) is 6.29. The second-order valence-corrected chi connectivity index (χ2v) is 4.76. The van der Waals surface area contributed by atoms with Crippen LogP contribution in [-0.2, 0) is 6.54 Å². The van der Waals surface area contributed by atoms with Crippen LogP contribution >= 0.6 is 0 Å². The third-order valence-corrected chi connectivity index (χ3v) is 3.33. The van der Waals surface area contributed by atoms with Gasteiger partial charge in [0, 0.05) is 12.1 Å². The quantitative estimate of drug-likeness (QED) is 0.770. The van der Waals surface area contributed by atoms with E-state index in [0.717, 1.165) is 31.3 Å². The fraction of sp³-hybridized carbons (Fsp3) is 0.692. The molecule has 2 N–H and O–H groups in total. The monoisotopic (exact) mass is 222 g/mol. The maximum atomic E-state index is 5.57. The fourth-order valence-electron chi connectivity index (χ4n) is 2.21. The van der Waals surface area contributed by atoms with Gasteiger partial charge in [-0.25, -0.2) is 0 Å². The van der Waals surface area contributed by atoms with Gasteiger partial charge in [-0.3, -0.25) is 4.90 Å². The number of nitrogens with two attached hydrogens (primary N) is 1. The van der Waals surface area contributed by atoms with Crippen molar-refractivity contribution in [2.45, 2.75) is 51.2 Å². The average Bonchev–Trinajstić information content (AvgIpc) is 3.00. The highest BCUT2D eigenvalue weighted by Crippen LogP contribution is 2.31. The summed E-state index contributed by atoms with van der Waals surface area (Å²) >= 11 is 0. The van der Waals surface area contributed by atoms with E-state index in [1.807, 2.05) is 6.07 Å². The van der Waals surface area contributed by atoms with Crippen LogP contribution in [0.25, 0.3) is 0 Å². The molecular formula is C13H22N2O. The molecule has 0 aromatic carbocycles. The molecule has 0 amide bonds. The first kappa shape index (κ1) is 11.7. The van der Waals surface area contributed by atoms with Gasteiger partial charge in [-0.1, -0.05) is 0 Å². The molecule has 1 heterocycles. The van der Waals surface area contributed by atoms with Gasteiger partial charge in [0.1, 0.15) is 5.76 Å². The lowest BCUT2D eigenvalue weighted by Gasteiger charge is -2.28. The Balaban J connectivity index is 1.89. The SMILES string of the molecule is CC(CCCN)N(Cc1ccco1)C1CC1. The minimum atomic E-state index is 0.612. The number of nitrogens with zero attached hydrogens (tertiary/aromatic N) is 1. The Morgan fingerprint density at radius 3 is 2.94 bits per heavy atom. The molecule has 0 aliphatic heterocycles. The minimum Gasteiger partial charge on any atom is -0.468 e. The first-order valence-electron chi connectivity index (χ1n) is 6.29. The molecule has 2 rings (SSSR count).